The summed E-state index contributed by atoms with van der Waals surface area (Å²) in [6.45, 7) is 0. The van der Waals surface area contributed by atoms with E-state index in [2.05, 4.69) is 31.1 Å². The lowest BCUT2D eigenvalue weighted by molar-refractivity contribution is -0.141. The largest absolute Gasteiger partial charge is 0.477 e. The van der Waals surface area contributed by atoms with Gasteiger partial charge in [0.05, 0.1) is 4.88 Å². The molecule has 0 bridgehead atoms. The second-order valence-corrected chi connectivity index (χ2v) is 9.73. The summed E-state index contributed by atoms with van der Waals surface area (Å²) >= 11 is 6.08. The Balaban J connectivity index is 1.81. The molecule has 0 aliphatic rings. The van der Waals surface area contributed by atoms with E-state index in [-0.39, 0.29) is 9.50 Å². The molecule has 0 fully saturated rings. The van der Waals surface area contributed by atoms with Crippen LogP contribution >= 0.6 is 50.4 Å². The van der Waals surface area contributed by atoms with Gasteiger partial charge in [0.15, 0.2) is 15.9 Å². The third-order valence-corrected chi connectivity index (χ3v) is 7.15. The van der Waals surface area contributed by atoms with Crippen molar-refractivity contribution in [2.45, 2.75) is 15.7 Å². The average molecular weight is 533 g/mol. The number of benzene rings is 1. The molecule has 1 aromatic carbocycles. The van der Waals surface area contributed by atoms with Crippen molar-refractivity contribution in [3.8, 4) is 16.4 Å². The van der Waals surface area contributed by atoms with Crippen molar-refractivity contribution < 1.29 is 23.1 Å². The molecule has 13 heteroatoms. The second-order valence-electron chi connectivity index (χ2n) is 5.66. The van der Waals surface area contributed by atoms with Gasteiger partial charge in [-0.3, -0.25) is 4.57 Å². The molecule has 0 amide bonds. The van der Waals surface area contributed by atoms with Crippen molar-refractivity contribution in [1.29, 1.82) is 0 Å². The first kappa shape index (κ1) is 21.0. The molecule has 3 heterocycles. The van der Waals surface area contributed by atoms with E-state index in [0.717, 1.165) is 21.1 Å². The van der Waals surface area contributed by atoms with Crippen LogP contribution in [-0.4, -0.2) is 30.8 Å². The smallest absolute Gasteiger partial charge is 0.435 e. The molecule has 3 aromatic heterocycles. The maximum Gasteiger partial charge on any atom is 0.435 e. The molecule has 0 atom stereocenters. The highest BCUT2D eigenvalue weighted by Crippen LogP contribution is 2.40. The minimum atomic E-state index is -4.87. The van der Waals surface area contributed by atoms with Crippen molar-refractivity contribution >= 4 is 56.3 Å². The van der Waals surface area contributed by atoms with Crippen LogP contribution in [-0.2, 0) is 6.18 Å². The first-order valence-corrected chi connectivity index (χ1v) is 11.3. The third-order valence-electron chi connectivity index (χ3n) is 3.71. The number of nitrogens with zero attached hydrogens (tertiary/aromatic N) is 4. The fourth-order valence-corrected chi connectivity index (χ4v) is 5.40. The van der Waals surface area contributed by atoms with E-state index in [9.17, 15) is 18.0 Å². The summed E-state index contributed by atoms with van der Waals surface area (Å²) in [5, 5.41) is 19.6. The Kier molecular flexibility index (Phi) is 5.70. The SMILES string of the molecule is O=C(O)c1sc(Sc2nnc(-c3cccs3)n2-c2ccc(Br)cc2)nc1C(F)(F)F. The van der Waals surface area contributed by atoms with Gasteiger partial charge in [-0.2, -0.15) is 13.2 Å². The molecule has 0 radical (unpaired) electrons. The number of hydrogen-bond donors (Lipinski definition) is 1. The Labute approximate surface area is 187 Å². The molecule has 0 aliphatic heterocycles. The van der Waals surface area contributed by atoms with Gasteiger partial charge in [0.1, 0.15) is 4.88 Å². The number of aromatic nitrogens is 4. The minimum absolute atomic E-state index is 0.0942. The van der Waals surface area contributed by atoms with E-state index < -0.39 is 22.7 Å². The highest BCUT2D eigenvalue weighted by atomic mass is 79.9. The fraction of sp³-hybridized carbons (Fsp3) is 0.0588. The van der Waals surface area contributed by atoms with Gasteiger partial charge in [0, 0.05) is 10.2 Å². The Morgan fingerprint density at radius 3 is 2.47 bits per heavy atom. The van der Waals surface area contributed by atoms with Gasteiger partial charge in [0.2, 0.25) is 5.16 Å². The Hall–Kier alpha value is -2.22. The topological polar surface area (TPSA) is 80.9 Å². The Bertz CT molecular complexity index is 1200. The van der Waals surface area contributed by atoms with Gasteiger partial charge in [-0.1, -0.05) is 33.3 Å². The molecule has 30 heavy (non-hydrogen) atoms. The number of hydrogen-bond acceptors (Lipinski definition) is 7. The van der Waals surface area contributed by atoms with Gasteiger partial charge in [-0.05, 0) is 47.5 Å². The molecule has 0 unspecified atom stereocenters. The first-order chi connectivity index (χ1) is 14.2. The van der Waals surface area contributed by atoms with Gasteiger partial charge < -0.3 is 5.11 Å². The van der Waals surface area contributed by atoms with E-state index in [1.54, 1.807) is 16.7 Å². The lowest BCUT2D eigenvalue weighted by atomic mass is 10.3. The van der Waals surface area contributed by atoms with Crippen LogP contribution in [0.15, 0.2) is 55.7 Å². The molecule has 6 nitrogen and oxygen atoms in total. The second kappa shape index (κ2) is 8.13. The van der Waals surface area contributed by atoms with Crippen molar-refractivity contribution in [1.82, 2.24) is 19.7 Å². The Morgan fingerprint density at radius 2 is 1.90 bits per heavy atom. The number of rotatable bonds is 5. The van der Waals surface area contributed by atoms with Crippen LogP contribution in [0.25, 0.3) is 16.4 Å². The molecule has 0 saturated carbocycles. The molecule has 154 valence electrons. The van der Waals surface area contributed by atoms with Crippen molar-refractivity contribution in [3.63, 3.8) is 0 Å². The molecule has 1 N–H and O–H groups in total. The lowest BCUT2D eigenvalue weighted by Crippen LogP contribution is -2.11. The van der Waals surface area contributed by atoms with Crippen LogP contribution in [0.1, 0.15) is 15.4 Å². The number of carboxylic acid groups (broad SMARTS) is 1. The van der Waals surface area contributed by atoms with E-state index in [0.29, 0.717) is 22.8 Å². The summed E-state index contributed by atoms with van der Waals surface area (Å²) in [6, 6.07) is 10.9. The van der Waals surface area contributed by atoms with Gasteiger partial charge >= 0.3 is 12.1 Å². The zero-order chi connectivity index (χ0) is 21.5. The number of alkyl halides is 3. The summed E-state index contributed by atoms with van der Waals surface area (Å²) in [5.74, 6) is -1.17. The molecular formula is C17H8BrF3N4O2S3. The minimum Gasteiger partial charge on any atom is -0.477 e. The summed E-state index contributed by atoms with van der Waals surface area (Å²) in [6.07, 6.45) is -4.87. The van der Waals surface area contributed by atoms with Gasteiger partial charge in [0.25, 0.3) is 0 Å². The van der Waals surface area contributed by atoms with Crippen molar-refractivity contribution in [2.75, 3.05) is 0 Å². The predicted molar refractivity (Wildman–Crippen MR) is 111 cm³/mol. The summed E-state index contributed by atoms with van der Waals surface area (Å²) in [4.78, 5) is 14.7. The monoisotopic (exact) mass is 532 g/mol. The molecule has 0 spiro atoms. The van der Waals surface area contributed by atoms with Gasteiger partial charge in [-0.25, -0.2) is 9.78 Å². The first-order valence-electron chi connectivity index (χ1n) is 7.98. The van der Waals surface area contributed by atoms with Crippen LogP contribution < -0.4 is 0 Å². The van der Waals surface area contributed by atoms with Crippen LogP contribution in [0.3, 0.4) is 0 Å². The molecule has 0 saturated heterocycles. The van der Waals surface area contributed by atoms with Crippen LogP contribution in [0.4, 0.5) is 13.2 Å². The normalized spacial score (nSPS) is 11.7. The number of thiazole rings is 1. The summed E-state index contributed by atoms with van der Waals surface area (Å²) < 4.78 is 42.0. The molecule has 0 aliphatic carbocycles. The van der Waals surface area contributed by atoms with Crippen molar-refractivity contribution in [2.24, 2.45) is 0 Å². The Morgan fingerprint density at radius 1 is 1.17 bits per heavy atom. The highest BCUT2D eigenvalue weighted by Gasteiger charge is 2.40. The zero-order valence-electron chi connectivity index (χ0n) is 14.4. The quantitative estimate of drug-likeness (QED) is 0.335. The van der Waals surface area contributed by atoms with Crippen LogP contribution in [0.5, 0.6) is 0 Å². The number of aromatic carboxylic acids is 1. The number of thiophene rings is 1. The summed E-state index contributed by atoms with van der Waals surface area (Å²) in [5.41, 5.74) is -0.726. The molecule has 4 rings (SSSR count). The molecule has 4 aromatic rings. The average Bonchev–Trinajstić information content (AvgIpc) is 3.41. The van der Waals surface area contributed by atoms with Gasteiger partial charge in [-0.15, -0.1) is 21.5 Å². The van der Waals surface area contributed by atoms with Crippen LogP contribution in [0, 0.1) is 0 Å². The van der Waals surface area contributed by atoms with E-state index in [1.165, 1.54) is 11.3 Å². The van der Waals surface area contributed by atoms with E-state index in [4.69, 9.17) is 5.11 Å². The van der Waals surface area contributed by atoms with E-state index >= 15 is 0 Å². The number of carbonyl (C=O) groups is 1. The standard InChI is InChI=1S/C17H8BrF3N4O2S3/c18-8-3-5-9(6-4-8)25-13(10-2-1-7-28-10)23-24-15(25)30-16-22-12(17(19,20)21)11(29-16)14(26)27/h1-7H,(H,26,27). The zero-order valence-corrected chi connectivity index (χ0v) is 18.5. The maximum absolute atomic E-state index is 13.2. The number of halogens is 4. The molecular weight excluding hydrogens is 525 g/mol. The van der Waals surface area contributed by atoms with Crippen LogP contribution in [0.2, 0.25) is 0 Å². The van der Waals surface area contributed by atoms with Crippen molar-refractivity contribution in [3.05, 3.63) is 56.8 Å². The lowest BCUT2D eigenvalue weighted by Gasteiger charge is -2.09. The maximum atomic E-state index is 13.2. The predicted octanol–water partition coefficient (Wildman–Crippen LogP) is 6.08. The summed E-state index contributed by atoms with van der Waals surface area (Å²) in [7, 11) is 0. The fourth-order valence-electron chi connectivity index (χ4n) is 2.48. The third kappa shape index (κ3) is 4.15. The highest BCUT2D eigenvalue weighted by molar-refractivity contribution is 9.10. The number of carboxylic acids is 1. The van der Waals surface area contributed by atoms with E-state index in [1.807, 2.05) is 29.6 Å².